The second-order valence-corrected chi connectivity index (χ2v) is 36.4. The van der Waals surface area contributed by atoms with Gasteiger partial charge in [0, 0.05) is 116 Å². The maximum Gasteiger partial charge on any atom is 0.212 e. The first-order valence-electron chi connectivity index (χ1n) is 47.6. The molecule has 24 rings (SSSR count). The van der Waals surface area contributed by atoms with Crippen molar-refractivity contribution in [3.63, 3.8) is 0 Å². The van der Waals surface area contributed by atoms with E-state index in [0.717, 1.165) is 143 Å². The normalized spacial score (nSPS) is 11.1. The van der Waals surface area contributed by atoms with Crippen molar-refractivity contribution in [2.75, 3.05) is 0 Å². The summed E-state index contributed by atoms with van der Waals surface area (Å²) in [7, 11) is 0. The second-order valence-electron chi connectivity index (χ2n) is 36.4. The molecule has 0 saturated heterocycles. The molecule has 0 unspecified atom stereocenters. The minimum Gasteiger partial charge on any atom is -0.319 e. The SMILES string of the molecule is Cc1cc(C)nc(-c2cc(-n3c4ccccc4c4ccc(-c5nc(C)nc(C)n5)cc43)c(C#N)cc2-n2c3ccccc3c3ccc(-c4nc(C)nc(C)n4)cc32)n1.[C-]#[N+]c1cc(C#N)cc(-c2ccc3c(c2)c2cc(-c4cc(C#N)cc([N+]#[C-])c4)ccc2n3-c2cc(-c3nc(-c4ccccc4)cc(-c4ccccc4)n3)c(-n3c4ccc(-c5cc(C#N)cc([N+]#[C-])c5)cc4c4cc(-c5cc(C#N)cc([N+]#[C-])c5)ccc43)cc2[N+]#[C-])c1. The molecular formula is C126H72N24. The Kier molecular flexibility index (Phi) is 22.8. The molecule has 8 aromatic heterocycles. The van der Waals surface area contributed by atoms with Gasteiger partial charge in [0.1, 0.15) is 29.4 Å². The van der Waals surface area contributed by atoms with Crippen LogP contribution in [0.1, 0.15) is 62.5 Å². The Morgan fingerprint density at radius 2 is 0.533 bits per heavy atom. The molecule has 24 nitrogen and oxygen atoms in total. The number of benzene rings is 16. The predicted octanol–water partition coefficient (Wildman–Crippen LogP) is 30.3. The molecule has 0 aliphatic carbocycles. The summed E-state index contributed by atoms with van der Waals surface area (Å²) in [5, 5.41) is 58.8. The van der Waals surface area contributed by atoms with Crippen LogP contribution in [0.2, 0.25) is 0 Å². The lowest BCUT2D eigenvalue weighted by molar-refractivity contribution is 0.928. The lowest BCUT2D eigenvalue weighted by Crippen LogP contribution is -2.06. The van der Waals surface area contributed by atoms with Gasteiger partial charge < -0.3 is 18.3 Å². The Labute approximate surface area is 858 Å². The van der Waals surface area contributed by atoms with Crippen molar-refractivity contribution in [2.24, 2.45) is 0 Å². The van der Waals surface area contributed by atoms with Crippen LogP contribution >= 0.6 is 0 Å². The van der Waals surface area contributed by atoms with E-state index in [1.165, 1.54) is 0 Å². The predicted molar refractivity (Wildman–Crippen MR) is 586 cm³/mol. The minimum absolute atomic E-state index is 0.258. The highest BCUT2D eigenvalue weighted by Crippen LogP contribution is 2.50. The first kappa shape index (κ1) is 91.6. The van der Waals surface area contributed by atoms with E-state index in [2.05, 4.69) is 153 Å². The number of aromatic nitrogens is 14. The summed E-state index contributed by atoms with van der Waals surface area (Å²) >= 11 is 0. The van der Waals surface area contributed by atoms with E-state index < -0.39 is 0 Å². The average Bonchev–Trinajstić information content (AvgIpc) is 1.57. The molecule has 0 N–H and O–H groups in total. The van der Waals surface area contributed by atoms with E-state index in [1.54, 1.807) is 72.8 Å². The number of aryl methyl sites for hydroxylation is 6. The van der Waals surface area contributed by atoms with Crippen molar-refractivity contribution < 1.29 is 0 Å². The summed E-state index contributed by atoms with van der Waals surface area (Å²) in [6.07, 6.45) is 0. The maximum atomic E-state index is 11.1. The summed E-state index contributed by atoms with van der Waals surface area (Å²) in [5.41, 5.74) is 25.8. The van der Waals surface area contributed by atoms with Gasteiger partial charge in [0.05, 0.1) is 135 Å². The third-order valence-corrected chi connectivity index (χ3v) is 26.9. The fourth-order valence-corrected chi connectivity index (χ4v) is 20.5. The average molecular weight is 1920 g/mol. The number of rotatable bonds is 14. The Bertz CT molecular complexity index is 9960. The summed E-state index contributed by atoms with van der Waals surface area (Å²) in [6, 6.07) is 116. The van der Waals surface area contributed by atoms with Crippen LogP contribution in [0.25, 0.3) is 247 Å². The van der Waals surface area contributed by atoms with E-state index >= 15 is 0 Å². The molecule has 24 aromatic rings. The van der Waals surface area contributed by atoms with Crippen LogP contribution in [0, 0.1) is 131 Å². The molecule has 0 radical (unpaired) electrons. The van der Waals surface area contributed by atoms with Crippen LogP contribution in [0.15, 0.2) is 328 Å². The van der Waals surface area contributed by atoms with Gasteiger partial charge in [-0.15, -0.1) is 0 Å². The first-order valence-corrected chi connectivity index (χ1v) is 47.6. The molecule has 0 atom stereocenters. The Hall–Kier alpha value is -22.2. The molecule has 150 heavy (non-hydrogen) atoms. The van der Waals surface area contributed by atoms with E-state index in [-0.39, 0.29) is 5.69 Å². The third kappa shape index (κ3) is 16.4. The van der Waals surface area contributed by atoms with Crippen molar-refractivity contribution in [3.8, 4) is 166 Å². The van der Waals surface area contributed by atoms with E-state index in [4.69, 9.17) is 56.2 Å². The monoisotopic (exact) mass is 1920 g/mol. The molecular weight excluding hydrogens is 1850 g/mol. The van der Waals surface area contributed by atoms with Gasteiger partial charge in [-0.1, -0.05) is 146 Å². The Balaban J connectivity index is 0.000000182. The molecule has 696 valence electrons. The number of para-hydroxylation sites is 2. The molecule has 16 aromatic carbocycles. The molecule has 8 heterocycles. The lowest BCUT2D eigenvalue weighted by atomic mass is 9.98. The van der Waals surface area contributed by atoms with Gasteiger partial charge in [0.2, 0.25) is 5.69 Å². The van der Waals surface area contributed by atoms with Gasteiger partial charge in [-0.25, -0.2) is 74.1 Å². The zero-order chi connectivity index (χ0) is 103. The summed E-state index contributed by atoms with van der Waals surface area (Å²) in [6.45, 7) is 52.3. The van der Waals surface area contributed by atoms with Crippen molar-refractivity contribution in [1.29, 1.82) is 26.3 Å². The smallest absolute Gasteiger partial charge is 0.212 e. The molecule has 0 fully saturated rings. The highest BCUT2D eigenvalue weighted by molar-refractivity contribution is 6.16. The quantitative estimate of drug-likeness (QED) is 0.0914. The molecule has 0 bridgehead atoms. The number of nitrogens with zero attached hydrogens (tertiary/aromatic N) is 24. The van der Waals surface area contributed by atoms with E-state index in [0.29, 0.717) is 164 Å². The Morgan fingerprint density at radius 1 is 0.213 bits per heavy atom. The highest BCUT2D eigenvalue weighted by atomic mass is 15.1. The fraction of sp³-hybridized carbons (Fsp3) is 0.0476. The third-order valence-electron chi connectivity index (χ3n) is 26.9. The summed E-state index contributed by atoms with van der Waals surface area (Å²) < 4.78 is 8.53. The molecule has 0 saturated carbocycles. The van der Waals surface area contributed by atoms with E-state index in [1.807, 2.05) is 236 Å². The standard InChI is InChI=1S/C79H37N13.C47H35N11/c1-84-61-28-47(43-80)24-57(32-61)53-16-20-73-65(36-53)66-37-54(58-25-48(44-81)29-62(33-58)85-2)17-21-74(66)91(73)77-42-72(88-5)78(40-69(77)79-89-70(51-12-8-6-9-13-51)41-71(90-79)52-14-10-7-11-15-52)92-75-22-18-55(59-26-49(45-82)30-63(34-59)86-3)38-67(75)68-39-56(19-23-76(68)92)60-27-50(46-83)31-64(35-60)87-4;1-25-19-26(2)50-47(49-25)38-23-41(57-39-13-9-7-11-34(39)36-17-15-31(20-42(36)57)45-53-27(3)51-28(4)54-45)33(24-48)22-44(38)58-40-14-10-8-12-35(40)37-18-16-32(21-43(37)58)46-55-29(5)52-30(6)56-46/h6-42H;7-23H,1-6H3. The van der Waals surface area contributed by atoms with Gasteiger partial charge in [0.25, 0.3) is 0 Å². The van der Waals surface area contributed by atoms with Crippen molar-refractivity contribution >= 4 is 116 Å². The number of hydrogen-bond donors (Lipinski definition) is 0. The first-order chi connectivity index (χ1) is 73.2. The lowest BCUT2D eigenvalue weighted by Gasteiger charge is -2.19. The van der Waals surface area contributed by atoms with Crippen molar-refractivity contribution in [2.45, 2.75) is 41.5 Å². The van der Waals surface area contributed by atoms with Crippen LogP contribution in [-0.2, 0) is 0 Å². The van der Waals surface area contributed by atoms with E-state index in [9.17, 15) is 32.9 Å². The zero-order valence-corrected chi connectivity index (χ0v) is 80.9. The van der Waals surface area contributed by atoms with Crippen LogP contribution in [0.5, 0.6) is 0 Å². The van der Waals surface area contributed by atoms with Gasteiger partial charge in [-0.3, -0.25) is 0 Å². The number of hydrogen-bond acceptors (Lipinski definition) is 15. The Morgan fingerprint density at radius 3 is 0.900 bits per heavy atom. The topological polar surface area (TPSA) is 289 Å². The van der Waals surface area contributed by atoms with Crippen LogP contribution in [0.4, 0.5) is 28.4 Å². The van der Waals surface area contributed by atoms with Crippen molar-refractivity contribution in [1.82, 2.24) is 68.1 Å². The van der Waals surface area contributed by atoms with Crippen LogP contribution < -0.4 is 0 Å². The highest BCUT2D eigenvalue weighted by Gasteiger charge is 2.30. The van der Waals surface area contributed by atoms with Gasteiger partial charge >= 0.3 is 0 Å². The van der Waals surface area contributed by atoms with Gasteiger partial charge in [-0.05, 0) is 268 Å². The summed E-state index contributed by atoms with van der Waals surface area (Å²) in [5.74, 6) is 4.71. The van der Waals surface area contributed by atoms with Crippen LogP contribution in [0.3, 0.4) is 0 Å². The molecule has 24 heteroatoms. The van der Waals surface area contributed by atoms with Gasteiger partial charge in [0.15, 0.2) is 46.0 Å². The summed E-state index contributed by atoms with van der Waals surface area (Å²) in [4.78, 5) is 67.6. The van der Waals surface area contributed by atoms with Crippen molar-refractivity contribution in [3.05, 3.63) is 447 Å². The fourth-order valence-electron chi connectivity index (χ4n) is 20.5. The molecule has 0 aliphatic rings. The molecule has 0 spiro atoms. The second kappa shape index (κ2) is 37.3. The number of nitriles is 5. The minimum atomic E-state index is 0.258. The zero-order valence-electron chi connectivity index (χ0n) is 80.9. The van der Waals surface area contributed by atoms with Crippen LogP contribution in [-0.4, -0.2) is 68.1 Å². The van der Waals surface area contributed by atoms with Gasteiger partial charge in [-0.2, -0.15) is 26.3 Å². The largest absolute Gasteiger partial charge is 0.319 e. The molecule has 0 aliphatic heterocycles. The molecule has 0 amide bonds. The maximum absolute atomic E-state index is 11.1. The number of fused-ring (bicyclic) bond motifs is 12.